The third kappa shape index (κ3) is 7.22. The summed E-state index contributed by atoms with van der Waals surface area (Å²) in [4.78, 5) is 19.9. The van der Waals surface area contributed by atoms with E-state index in [4.69, 9.17) is 20.2 Å². The van der Waals surface area contributed by atoms with E-state index >= 15 is 0 Å². The second-order valence-corrected chi connectivity index (χ2v) is 15.7. The van der Waals surface area contributed by atoms with Crippen LogP contribution in [0.4, 0.5) is 0 Å². The van der Waals surface area contributed by atoms with Crippen molar-refractivity contribution < 1.29 is 29.6 Å². The number of benzene rings is 2. The number of ether oxygens (including phenoxy) is 2. The number of hydrogen-bond acceptors (Lipinski definition) is 10. The largest absolute Gasteiger partial charge is 0.465 e. The number of carbonyl (C=O) groups excluding carboxylic acids is 1. The highest BCUT2D eigenvalue weighted by atomic mass is 16.5. The quantitative estimate of drug-likeness (QED) is 0.232. The van der Waals surface area contributed by atoms with Gasteiger partial charge in [-0.3, -0.25) is 15.1 Å². The Bertz CT molecular complexity index is 2020. The molecule has 54 heavy (non-hydrogen) atoms. The number of nitrogens with two attached hydrogens (primary N) is 1. The van der Waals surface area contributed by atoms with Crippen molar-refractivity contribution in [2.45, 2.75) is 115 Å². The Hall–Kier alpha value is -4.42. The number of aryl methyl sites for hydroxylation is 1. The lowest BCUT2D eigenvalue weighted by Crippen LogP contribution is -2.47. The third-order valence-corrected chi connectivity index (χ3v) is 12.0. The van der Waals surface area contributed by atoms with Crippen LogP contribution >= 0.6 is 0 Å². The molecule has 10 heteroatoms. The minimum atomic E-state index is -1.03. The second kappa shape index (κ2) is 15.4. The molecule has 10 nitrogen and oxygen atoms in total. The van der Waals surface area contributed by atoms with Crippen molar-refractivity contribution in [2.24, 2.45) is 22.1 Å². The molecule has 0 radical (unpaired) electrons. The summed E-state index contributed by atoms with van der Waals surface area (Å²) >= 11 is 0. The van der Waals surface area contributed by atoms with Crippen LogP contribution in [0.5, 0.6) is 11.5 Å². The van der Waals surface area contributed by atoms with Gasteiger partial charge in [0.2, 0.25) is 0 Å². The molecular formula is C44H50N4O6. The van der Waals surface area contributed by atoms with Crippen LogP contribution in [0.2, 0.25) is 0 Å². The number of nitrogens with zero attached hydrogens (tertiary/aromatic N) is 2. The number of aliphatic hydroxyl groups is 3. The van der Waals surface area contributed by atoms with Crippen LogP contribution in [-0.4, -0.2) is 63.7 Å². The summed E-state index contributed by atoms with van der Waals surface area (Å²) in [6.07, 6.45) is 11.2. The lowest BCUT2D eigenvalue weighted by atomic mass is 9.73. The van der Waals surface area contributed by atoms with E-state index < -0.39 is 35.9 Å². The first-order valence-corrected chi connectivity index (χ1v) is 19.6. The number of fused-ring (bicyclic) bond motifs is 8. The smallest absolute Gasteiger partial charge is 0.187 e. The molecule has 0 aromatic heterocycles. The van der Waals surface area contributed by atoms with Gasteiger partial charge in [-0.1, -0.05) is 62.1 Å². The van der Waals surface area contributed by atoms with E-state index in [9.17, 15) is 20.1 Å². The summed E-state index contributed by atoms with van der Waals surface area (Å²) in [6.45, 7) is 3.33. The van der Waals surface area contributed by atoms with E-state index in [-0.39, 0.29) is 31.2 Å². The van der Waals surface area contributed by atoms with Crippen LogP contribution in [0, 0.1) is 35.2 Å². The summed E-state index contributed by atoms with van der Waals surface area (Å²) in [7, 11) is 0. The number of carbonyl (C=O) groups is 1. The highest BCUT2D eigenvalue weighted by Gasteiger charge is 2.48. The highest BCUT2D eigenvalue weighted by molar-refractivity contribution is 5.88. The van der Waals surface area contributed by atoms with Crippen molar-refractivity contribution in [2.75, 3.05) is 13.1 Å². The van der Waals surface area contributed by atoms with Gasteiger partial charge in [0.05, 0.1) is 35.4 Å². The van der Waals surface area contributed by atoms with Crippen LogP contribution in [0.25, 0.3) is 0 Å². The fraction of sp³-hybridized carbons (Fsp3) is 0.500. The van der Waals surface area contributed by atoms with Gasteiger partial charge < -0.3 is 35.4 Å². The molecule has 1 spiro atoms. The summed E-state index contributed by atoms with van der Waals surface area (Å²) in [5, 5.41) is 35.7. The predicted molar refractivity (Wildman–Crippen MR) is 205 cm³/mol. The average molecular weight is 731 g/mol. The zero-order chi connectivity index (χ0) is 37.4. The number of allylic oxidation sites excluding steroid dienone is 1. The van der Waals surface area contributed by atoms with Crippen molar-refractivity contribution in [1.82, 2.24) is 10.2 Å². The normalized spacial score (nSPS) is 25.6. The number of Topliss-reactive ketones (excluding diaryl/α,β-unsaturated/α-hetero) is 1. The maximum atomic E-state index is 12.9. The minimum Gasteiger partial charge on any atom is -0.465 e. The SMILES string of the molecule is CCCC(O)CC(O)CC(=O)CCc1ccc2c(c1)OC1C(C#CC(O)c3ccc4c(c3CC3=C5CN1C=C5N=C3)CCNC4N)C1(C#CO2)CCCC1. The van der Waals surface area contributed by atoms with E-state index in [2.05, 4.69) is 40.3 Å². The molecule has 1 fully saturated rings. The van der Waals surface area contributed by atoms with Gasteiger partial charge in [-0.25, -0.2) is 0 Å². The fourth-order valence-electron chi connectivity index (χ4n) is 9.17. The maximum absolute atomic E-state index is 12.9. The molecule has 6 atom stereocenters. The Morgan fingerprint density at radius 3 is 2.78 bits per heavy atom. The molecule has 6 aliphatic rings. The standard InChI is InChI=1S/C44H50N4O6/c1-2-5-29(49)22-31(51)23-30(50)8-6-27-7-13-40-41(20-27)54-43-37(44(17-19-53-40)15-3-4-16-44)11-12-39(52)33-9-10-34-32(14-18-46-42(34)45)35(33)21-28-24-47-38-26-48(43)25-36(28)38/h7,9-10,13,20,24,26,29,31,37,39,42-43,46,49,51-52H,2-6,8,14-16,18,21-23,25,45H2,1H3. The van der Waals surface area contributed by atoms with Crippen LogP contribution in [-0.2, 0) is 24.1 Å². The number of ketones is 1. The van der Waals surface area contributed by atoms with Crippen LogP contribution < -0.4 is 20.5 Å². The first kappa shape index (κ1) is 36.6. The van der Waals surface area contributed by atoms with Crippen molar-refractivity contribution in [3.05, 3.63) is 81.2 Å². The number of hydrogen-bond donors (Lipinski definition) is 5. The van der Waals surface area contributed by atoms with Crippen molar-refractivity contribution in [3.8, 4) is 35.4 Å². The highest BCUT2D eigenvalue weighted by Crippen LogP contribution is 2.49. The minimum absolute atomic E-state index is 0.0128. The molecule has 1 aliphatic carbocycles. The molecule has 5 aliphatic heterocycles. The molecule has 6 N–H and O–H groups in total. The molecule has 282 valence electrons. The molecule has 5 heterocycles. The summed E-state index contributed by atoms with van der Waals surface area (Å²) in [5.41, 5.74) is 14.1. The predicted octanol–water partition coefficient (Wildman–Crippen LogP) is 4.66. The monoisotopic (exact) mass is 730 g/mol. The number of nitrogens with one attached hydrogen (secondary N) is 1. The Balaban J connectivity index is 1.14. The number of aliphatic imine (C=N–C) groups is 1. The maximum Gasteiger partial charge on any atom is 0.187 e. The van der Waals surface area contributed by atoms with E-state index in [0.717, 1.165) is 84.2 Å². The molecule has 2 aromatic rings. The summed E-state index contributed by atoms with van der Waals surface area (Å²) in [6, 6.07) is 9.69. The molecule has 2 bridgehead atoms. The molecule has 0 amide bonds. The second-order valence-electron chi connectivity index (χ2n) is 15.7. The van der Waals surface area contributed by atoms with Crippen molar-refractivity contribution >= 4 is 12.0 Å². The Labute approximate surface area is 317 Å². The van der Waals surface area contributed by atoms with Crippen molar-refractivity contribution in [3.63, 3.8) is 0 Å². The van der Waals surface area contributed by atoms with Gasteiger partial charge in [0.1, 0.15) is 18.0 Å². The summed E-state index contributed by atoms with van der Waals surface area (Å²) < 4.78 is 13.2. The first-order valence-electron chi connectivity index (χ1n) is 19.6. The van der Waals surface area contributed by atoms with Crippen molar-refractivity contribution in [1.29, 1.82) is 0 Å². The third-order valence-electron chi connectivity index (χ3n) is 12.0. The van der Waals surface area contributed by atoms with Crippen LogP contribution in [0.3, 0.4) is 0 Å². The fourth-order valence-corrected chi connectivity index (χ4v) is 9.17. The Kier molecular flexibility index (Phi) is 10.4. The van der Waals surface area contributed by atoms with E-state index in [1.807, 2.05) is 43.5 Å². The molecule has 0 saturated heterocycles. The van der Waals surface area contributed by atoms with Crippen LogP contribution in [0.1, 0.15) is 105 Å². The topological polar surface area (TPSA) is 150 Å². The van der Waals surface area contributed by atoms with Crippen LogP contribution in [0.15, 0.2) is 58.4 Å². The Morgan fingerprint density at radius 2 is 1.94 bits per heavy atom. The molecule has 8 rings (SSSR count). The van der Waals surface area contributed by atoms with Gasteiger partial charge in [-0.15, -0.1) is 0 Å². The van der Waals surface area contributed by atoms with E-state index in [0.29, 0.717) is 37.3 Å². The van der Waals surface area contributed by atoms with Gasteiger partial charge >= 0.3 is 0 Å². The van der Waals surface area contributed by atoms with Gasteiger partial charge in [0.15, 0.2) is 17.7 Å². The van der Waals surface area contributed by atoms with Gasteiger partial charge in [0.25, 0.3) is 0 Å². The lowest BCUT2D eigenvalue weighted by Gasteiger charge is -2.39. The number of rotatable bonds is 9. The molecular weight excluding hydrogens is 681 g/mol. The Morgan fingerprint density at radius 1 is 1.11 bits per heavy atom. The molecule has 2 aromatic carbocycles. The van der Waals surface area contributed by atoms with Gasteiger partial charge in [0, 0.05) is 50.3 Å². The van der Waals surface area contributed by atoms with Gasteiger partial charge in [-0.2, -0.15) is 0 Å². The first-order chi connectivity index (χ1) is 26.2. The number of aliphatic hydroxyl groups excluding tert-OH is 3. The molecule has 1 saturated carbocycles. The zero-order valence-electron chi connectivity index (χ0n) is 30.9. The summed E-state index contributed by atoms with van der Waals surface area (Å²) in [5.74, 6) is 10.9. The van der Waals surface area contributed by atoms with E-state index in [1.165, 1.54) is 5.56 Å². The zero-order valence-corrected chi connectivity index (χ0v) is 30.9. The molecule has 6 unspecified atom stereocenters. The van der Waals surface area contributed by atoms with Gasteiger partial charge in [-0.05, 0) is 84.0 Å². The lowest BCUT2D eigenvalue weighted by molar-refractivity contribution is -0.121. The average Bonchev–Trinajstić information content (AvgIpc) is 3.89. The van der Waals surface area contributed by atoms with E-state index in [1.54, 1.807) is 0 Å².